The van der Waals surface area contributed by atoms with E-state index in [4.69, 9.17) is 4.74 Å². The lowest BCUT2D eigenvalue weighted by Gasteiger charge is -2.17. The van der Waals surface area contributed by atoms with E-state index in [1.807, 2.05) is 6.08 Å². The number of nitrogens with zero attached hydrogens (tertiary/aromatic N) is 2. The number of aromatic nitrogens is 2. The molecule has 0 radical (unpaired) electrons. The fourth-order valence-electron chi connectivity index (χ4n) is 3.02. The molecule has 1 saturated carbocycles. The summed E-state index contributed by atoms with van der Waals surface area (Å²) >= 11 is 0. The van der Waals surface area contributed by atoms with Gasteiger partial charge in [-0.25, -0.2) is 5.43 Å². The monoisotopic (exact) mass is 319 g/mol. The number of aromatic amines is 1. The lowest BCUT2D eigenvalue weighted by atomic mass is 10.0. The molecule has 1 amide bonds. The van der Waals surface area contributed by atoms with Gasteiger partial charge in [-0.3, -0.25) is 14.7 Å². The van der Waals surface area contributed by atoms with Gasteiger partial charge in [0.2, 0.25) is 0 Å². The zero-order valence-electron chi connectivity index (χ0n) is 13.3. The Labute approximate surface area is 134 Å². The summed E-state index contributed by atoms with van der Waals surface area (Å²) < 4.78 is 5.08. The van der Waals surface area contributed by atoms with Gasteiger partial charge in [-0.15, -0.1) is 0 Å². The van der Waals surface area contributed by atoms with Crippen molar-refractivity contribution in [2.24, 2.45) is 0 Å². The first-order valence-corrected chi connectivity index (χ1v) is 7.66. The van der Waals surface area contributed by atoms with Gasteiger partial charge in [0.15, 0.2) is 5.82 Å². The SMILES string of the molecule is COCC1C=C(C(=O)Nc2cc(C3CCC(=O)C3)[nH]n2)N(C)N1. The fraction of sp³-hybridized carbons (Fsp3) is 0.533. The Balaban J connectivity index is 1.63. The van der Waals surface area contributed by atoms with Crippen LogP contribution in [-0.4, -0.2) is 53.7 Å². The molecule has 0 bridgehead atoms. The summed E-state index contributed by atoms with van der Waals surface area (Å²) in [6.45, 7) is 0.489. The van der Waals surface area contributed by atoms with Crippen LogP contribution in [0.25, 0.3) is 0 Å². The van der Waals surface area contributed by atoms with Crippen LogP contribution in [0.3, 0.4) is 0 Å². The van der Waals surface area contributed by atoms with Crippen LogP contribution in [-0.2, 0) is 14.3 Å². The third-order valence-electron chi connectivity index (χ3n) is 4.18. The van der Waals surface area contributed by atoms with E-state index >= 15 is 0 Å². The van der Waals surface area contributed by atoms with Crippen molar-refractivity contribution in [1.29, 1.82) is 0 Å². The highest BCUT2D eigenvalue weighted by Gasteiger charge is 2.27. The molecule has 2 unspecified atom stereocenters. The zero-order valence-corrected chi connectivity index (χ0v) is 13.3. The van der Waals surface area contributed by atoms with Crippen molar-refractivity contribution >= 4 is 17.5 Å². The smallest absolute Gasteiger partial charge is 0.274 e. The molecule has 1 fully saturated rings. The molecule has 1 aromatic heterocycles. The van der Waals surface area contributed by atoms with Crippen molar-refractivity contribution in [2.45, 2.75) is 31.2 Å². The highest BCUT2D eigenvalue weighted by atomic mass is 16.5. The number of amides is 1. The summed E-state index contributed by atoms with van der Waals surface area (Å²) in [5.41, 5.74) is 4.53. The Morgan fingerprint density at radius 2 is 2.39 bits per heavy atom. The van der Waals surface area contributed by atoms with Crippen molar-refractivity contribution in [1.82, 2.24) is 20.6 Å². The Bertz CT molecular complexity index is 639. The largest absolute Gasteiger partial charge is 0.383 e. The molecular weight excluding hydrogens is 298 g/mol. The maximum Gasteiger partial charge on any atom is 0.274 e. The number of anilines is 1. The van der Waals surface area contributed by atoms with E-state index in [-0.39, 0.29) is 23.7 Å². The van der Waals surface area contributed by atoms with Crippen LogP contribution < -0.4 is 10.7 Å². The van der Waals surface area contributed by atoms with Crippen LogP contribution in [0, 0.1) is 0 Å². The van der Waals surface area contributed by atoms with Gasteiger partial charge in [0.1, 0.15) is 11.5 Å². The number of rotatable bonds is 5. The number of ether oxygens (including phenoxy) is 1. The number of carbonyl (C=O) groups is 2. The minimum atomic E-state index is -0.237. The van der Waals surface area contributed by atoms with E-state index in [2.05, 4.69) is 20.9 Å². The average molecular weight is 319 g/mol. The topological polar surface area (TPSA) is 99.3 Å². The van der Waals surface area contributed by atoms with Crippen LogP contribution >= 0.6 is 0 Å². The number of Topliss-reactive ketones (excluding diaryl/α,β-unsaturated/α-hetero) is 1. The molecule has 1 aliphatic heterocycles. The van der Waals surface area contributed by atoms with Crippen molar-refractivity contribution < 1.29 is 14.3 Å². The lowest BCUT2D eigenvalue weighted by molar-refractivity contribution is -0.117. The fourth-order valence-corrected chi connectivity index (χ4v) is 3.02. The highest BCUT2D eigenvalue weighted by molar-refractivity contribution is 6.03. The predicted molar refractivity (Wildman–Crippen MR) is 83.5 cm³/mol. The second-order valence-electron chi connectivity index (χ2n) is 5.94. The average Bonchev–Trinajstić information content (AvgIpc) is 3.20. The normalized spacial score (nSPS) is 24.2. The molecule has 0 spiro atoms. The van der Waals surface area contributed by atoms with Crippen molar-refractivity contribution in [3.63, 3.8) is 0 Å². The summed E-state index contributed by atoms with van der Waals surface area (Å²) in [6.07, 6.45) is 3.83. The minimum absolute atomic E-state index is 0.0232. The molecule has 1 aliphatic carbocycles. The zero-order chi connectivity index (χ0) is 16.4. The van der Waals surface area contributed by atoms with Crippen LogP contribution in [0.2, 0.25) is 0 Å². The standard InChI is InChI=1S/C15H21N5O3/c1-20-13(6-10(19-20)8-23-2)15(22)16-14-7-12(17-18-14)9-3-4-11(21)5-9/h6-7,9-10,19H,3-5,8H2,1-2H3,(H2,16,17,18,22). The Morgan fingerprint density at radius 1 is 1.57 bits per heavy atom. The number of H-pyrrole nitrogens is 1. The third-order valence-corrected chi connectivity index (χ3v) is 4.18. The van der Waals surface area contributed by atoms with Crippen LogP contribution in [0.15, 0.2) is 17.8 Å². The highest BCUT2D eigenvalue weighted by Crippen LogP contribution is 2.31. The number of ketones is 1. The van der Waals surface area contributed by atoms with E-state index in [0.717, 1.165) is 12.1 Å². The summed E-state index contributed by atoms with van der Waals surface area (Å²) in [5.74, 6) is 0.693. The summed E-state index contributed by atoms with van der Waals surface area (Å²) in [6, 6.07) is 1.78. The molecule has 124 valence electrons. The van der Waals surface area contributed by atoms with Gasteiger partial charge in [-0.05, 0) is 12.5 Å². The number of hydrogen-bond donors (Lipinski definition) is 3. The van der Waals surface area contributed by atoms with E-state index in [1.54, 1.807) is 25.2 Å². The van der Waals surface area contributed by atoms with Crippen molar-refractivity contribution in [3.05, 3.63) is 23.5 Å². The van der Waals surface area contributed by atoms with Gasteiger partial charge in [0.25, 0.3) is 5.91 Å². The summed E-state index contributed by atoms with van der Waals surface area (Å²) in [7, 11) is 3.40. The predicted octanol–water partition coefficient (Wildman–Crippen LogP) is 0.534. The number of methoxy groups -OCH3 is 1. The molecule has 23 heavy (non-hydrogen) atoms. The molecule has 8 nitrogen and oxygen atoms in total. The number of carbonyl (C=O) groups excluding carboxylic acids is 2. The number of hydrogen-bond acceptors (Lipinski definition) is 6. The molecular formula is C15H21N5O3. The van der Waals surface area contributed by atoms with E-state index < -0.39 is 0 Å². The number of hydrazine groups is 1. The van der Waals surface area contributed by atoms with E-state index in [0.29, 0.717) is 31.0 Å². The van der Waals surface area contributed by atoms with Gasteiger partial charge >= 0.3 is 0 Å². The molecule has 3 rings (SSSR count). The first kappa shape index (κ1) is 15.7. The summed E-state index contributed by atoms with van der Waals surface area (Å²) in [5, 5.41) is 11.5. The maximum atomic E-state index is 12.3. The molecule has 1 aromatic rings. The molecule has 2 atom stereocenters. The van der Waals surface area contributed by atoms with Crippen LogP contribution in [0.4, 0.5) is 5.82 Å². The Kier molecular flexibility index (Phi) is 4.44. The number of likely N-dealkylation sites (N-methyl/N-ethyl adjacent to an activating group) is 1. The molecule has 3 N–H and O–H groups in total. The molecule has 2 heterocycles. The van der Waals surface area contributed by atoms with Crippen LogP contribution in [0.5, 0.6) is 0 Å². The van der Waals surface area contributed by atoms with E-state index in [1.165, 1.54) is 0 Å². The second kappa shape index (κ2) is 6.51. The summed E-state index contributed by atoms with van der Waals surface area (Å²) in [4.78, 5) is 23.7. The quantitative estimate of drug-likeness (QED) is 0.732. The van der Waals surface area contributed by atoms with Gasteiger partial charge in [-0.1, -0.05) is 0 Å². The molecule has 2 aliphatic rings. The molecule has 8 heteroatoms. The first-order valence-electron chi connectivity index (χ1n) is 7.66. The van der Waals surface area contributed by atoms with Crippen molar-refractivity contribution in [2.75, 3.05) is 26.1 Å². The Morgan fingerprint density at radius 3 is 3.09 bits per heavy atom. The Hall–Kier alpha value is -2.19. The van der Waals surface area contributed by atoms with E-state index in [9.17, 15) is 9.59 Å². The minimum Gasteiger partial charge on any atom is -0.383 e. The number of nitrogens with one attached hydrogen (secondary N) is 3. The van der Waals surface area contributed by atoms with Gasteiger partial charge in [0, 0.05) is 44.7 Å². The van der Waals surface area contributed by atoms with Gasteiger partial charge in [0.05, 0.1) is 12.6 Å². The van der Waals surface area contributed by atoms with Crippen LogP contribution in [0.1, 0.15) is 30.9 Å². The third kappa shape index (κ3) is 3.43. The van der Waals surface area contributed by atoms with Crippen molar-refractivity contribution in [3.8, 4) is 0 Å². The second-order valence-corrected chi connectivity index (χ2v) is 5.94. The molecule has 0 saturated heterocycles. The molecule has 0 aromatic carbocycles. The van der Waals surface area contributed by atoms with Gasteiger partial charge < -0.3 is 15.1 Å². The lowest BCUT2D eigenvalue weighted by Crippen LogP contribution is -2.38. The first-order chi connectivity index (χ1) is 11.1. The maximum absolute atomic E-state index is 12.3. The van der Waals surface area contributed by atoms with Gasteiger partial charge in [-0.2, -0.15) is 5.10 Å².